The third-order valence-electron chi connectivity index (χ3n) is 7.73. The number of pyridine rings is 1. The molecule has 0 atom stereocenters. The maximum absolute atomic E-state index is 12.4. The number of rotatable bonds is 8. The summed E-state index contributed by atoms with van der Waals surface area (Å²) in [5.74, 6) is 2.74. The van der Waals surface area contributed by atoms with Crippen molar-refractivity contribution in [1.29, 1.82) is 5.53 Å². The van der Waals surface area contributed by atoms with Crippen LogP contribution in [-0.2, 0) is 4.79 Å². The average Bonchev–Trinajstić information content (AvgIpc) is 3.76. The maximum atomic E-state index is 12.4. The highest BCUT2D eigenvalue weighted by molar-refractivity contribution is 5.89. The Balaban J connectivity index is 1.22. The quantitative estimate of drug-likeness (QED) is 0.182. The van der Waals surface area contributed by atoms with Gasteiger partial charge in [-0.25, -0.2) is 20.5 Å². The number of aryl methyl sites for hydroxylation is 1. The number of piperazine rings is 1. The predicted octanol–water partition coefficient (Wildman–Crippen LogP) is 5.94. The number of fused-ring (bicyclic) bond motifs is 1. The van der Waals surface area contributed by atoms with Crippen molar-refractivity contribution in [3.63, 3.8) is 0 Å². The van der Waals surface area contributed by atoms with Gasteiger partial charge in [-0.1, -0.05) is 6.58 Å². The van der Waals surface area contributed by atoms with Gasteiger partial charge in [-0.05, 0) is 73.9 Å². The van der Waals surface area contributed by atoms with Gasteiger partial charge in [0.05, 0.1) is 16.7 Å². The summed E-state index contributed by atoms with van der Waals surface area (Å²) in [6.45, 7) is 7.73. The second-order valence-corrected chi connectivity index (χ2v) is 10.3. The van der Waals surface area contributed by atoms with Crippen LogP contribution in [0.5, 0.6) is 11.5 Å². The van der Waals surface area contributed by atoms with Crippen molar-refractivity contribution in [2.75, 3.05) is 42.2 Å². The number of anilines is 4. The normalized spacial score (nSPS) is 15.5. The second-order valence-electron chi connectivity index (χ2n) is 10.3. The van der Waals surface area contributed by atoms with Gasteiger partial charge in [-0.2, -0.15) is 5.11 Å². The number of benzene rings is 2. The monoisotopic (exact) mass is 549 g/mol. The molecule has 208 valence electrons. The van der Waals surface area contributed by atoms with E-state index >= 15 is 0 Å². The smallest absolute Gasteiger partial charge is 0.246 e. The molecule has 3 N–H and O–H groups in total. The Morgan fingerprint density at radius 2 is 2.00 bits per heavy atom. The maximum Gasteiger partial charge on any atom is 0.246 e. The first-order valence-corrected chi connectivity index (χ1v) is 13.5. The number of nitrogens with zero attached hydrogens (tertiary/aromatic N) is 6. The van der Waals surface area contributed by atoms with Crippen molar-refractivity contribution in [3.05, 3.63) is 73.1 Å². The van der Waals surface area contributed by atoms with Gasteiger partial charge in [0.15, 0.2) is 5.82 Å². The summed E-state index contributed by atoms with van der Waals surface area (Å²) in [5, 5.41) is 9.99. The highest BCUT2D eigenvalue weighted by Crippen LogP contribution is 2.45. The number of carbonyl (C=O) groups excluding carboxylic acids is 1. The highest BCUT2D eigenvalue weighted by Gasteiger charge is 2.52. The molecule has 1 aliphatic carbocycles. The molecular weight excluding hydrogens is 518 g/mol. The van der Waals surface area contributed by atoms with Crippen LogP contribution >= 0.6 is 0 Å². The van der Waals surface area contributed by atoms with Gasteiger partial charge in [-0.15, -0.1) is 0 Å². The molecule has 1 aliphatic heterocycles. The van der Waals surface area contributed by atoms with Crippen LogP contribution in [-0.4, -0.2) is 58.0 Å². The van der Waals surface area contributed by atoms with Crippen LogP contribution in [0.4, 0.5) is 28.7 Å². The molecule has 1 spiro atoms. The molecule has 41 heavy (non-hydrogen) atoms. The fourth-order valence-corrected chi connectivity index (χ4v) is 5.38. The lowest BCUT2D eigenvalue weighted by atomic mass is 10.1. The first-order valence-electron chi connectivity index (χ1n) is 13.5. The molecule has 2 fully saturated rings. The summed E-state index contributed by atoms with van der Waals surface area (Å²) < 4.78 is 6.09. The summed E-state index contributed by atoms with van der Waals surface area (Å²) in [5.41, 5.74) is 11.7. The lowest BCUT2D eigenvalue weighted by molar-refractivity contribution is -0.129. The van der Waals surface area contributed by atoms with Gasteiger partial charge in [0.2, 0.25) is 5.91 Å². The van der Waals surface area contributed by atoms with E-state index in [1.54, 1.807) is 13.1 Å². The molecule has 2 aromatic heterocycles. The Labute approximate surface area is 237 Å². The topological polar surface area (TPSA) is 132 Å². The highest BCUT2D eigenvalue weighted by atomic mass is 16.5. The predicted molar refractivity (Wildman–Crippen MR) is 159 cm³/mol. The molecule has 2 aliphatic rings. The Hall–Kier alpha value is -5.06. The Morgan fingerprint density at radius 1 is 1.15 bits per heavy atom. The SMILES string of the molecule is C=CC(=O)N1CCN(c2ccc3ncnc(Nc4ccc(Oc5ccc(NC)c(N=N)c5)c(C)c4)c3n2)CC12CC2. The molecule has 1 amide bonds. The summed E-state index contributed by atoms with van der Waals surface area (Å²) in [7, 11) is 1.79. The molecule has 11 heteroatoms. The number of amides is 1. The van der Waals surface area contributed by atoms with Gasteiger partial charge >= 0.3 is 0 Å². The molecular formula is C30H31N9O2. The Bertz CT molecular complexity index is 1670. The zero-order valence-corrected chi connectivity index (χ0v) is 23.0. The first-order chi connectivity index (χ1) is 19.9. The second kappa shape index (κ2) is 10.5. The zero-order chi connectivity index (χ0) is 28.6. The van der Waals surface area contributed by atoms with Crippen molar-refractivity contribution in [2.45, 2.75) is 25.3 Å². The van der Waals surface area contributed by atoms with Crippen molar-refractivity contribution < 1.29 is 9.53 Å². The van der Waals surface area contributed by atoms with Gasteiger partial charge < -0.3 is 25.2 Å². The minimum absolute atomic E-state index is 0.0000375. The fraction of sp³-hybridized carbons (Fsp3) is 0.267. The van der Waals surface area contributed by atoms with E-state index in [9.17, 15) is 4.79 Å². The van der Waals surface area contributed by atoms with Gasteiger partial charge in [0, 0.05) is 38.4 Å². The van der Waals surface area contributed by atoms with Crippen LogP contribution in [0, 0.1) is 12.5 Å². The van der Waals surface area contributed by atoms with Crippen molar-refractivity contribution in [2.24, 2.45) is 5.11 Å². The van der Waals surface area contributed by atoms with Gasteiger partial charge in [0.25, 0.3) is 0 Å². The zero-order valence-electron chi connectivity index (χ0n) is 23.0. The lowest BCUT2D eigenvalue weighted by Crippen LogP contribution is -2.57. The Kier molecular flexibility index (Phi) is 6.70. The third-order valence-corrected chi connectivity index (χ3v) is 7.73. The molecule has 1 saturated heterocycles. The molecule has 6 rings (SSSR count). The van der Waals surface area contributed by atoms with Crippen LogP contribution in [0.15, 0.2) is 72.6 Å². The average molecular weight is 550 g/mol. The van der Waals surface area contributed by atoms with E-state index in [0.29, 0.717) is 41.6 Å². The van der Waals surface area contributed by atoms with E-state index in [1.807, 2.05) is 54.3 Å². The Morgan fingerprint density at radius 3 is 2.73 bits per heavy atom. The van der Waals surface area contributed by atoms with E-state index in [2.05, 4.69) is 37.2 Å². The van der Waals surface area contributed by atoms with Crippen LogP contribution in [0.2, 0.25) is 0 Å². The van der Waals surface area contributed by atoms with Crippen molar-refractivity contribution in [3.8, 4) is 11.5 Å². The summed E-state index contributed by atoms with van der Waals surface area (Å²) >= 11 is 0. The van der Waals surface area contributed by atoms with Gasteiger partial charge in [-0.3, -0.25) is 4.79 Å². The molecule has 11 nitrogen and oxygen atoms in total. The van der Waals surface area contributed by atoms with E-state index in [0.717, 1.165) is 47.7 Å². The number of carbonyl (C=O) groups is 1. The molecule has 0 unspecified atom stereocenters. The minimum atomic E-state index is -0.123. The number of ether oxygens (including phenoxy) is 1. The van der Waals surface area contributed by atoms with E-state index in [-0.39, 0.29) is 11.4 Å². The number of hydrogen-bond acceptors (Lipinski definition) is 10. The molecule has 0 bridgehead atoms. The fourth-order valence-electron chi connectivity index (χ4n) is 5.38. The van der Waals surface area contributed by atoms with Crippen LogP contribution in [0.3, 0.4) is 0 Å². The van der Waals surface area contributed by atoms with Gasteiger partial charge in [0.1, 0.15) is 34.8 Å². The van der Waals surface area contributed by atoms with Crippen LogP contribution < -0.4 is 20.3 Å². The van der Waals surface area contributed by atoms with Crippen LogP contribution in [0.1, 0.15) is 18.4 Å². The van der Waals surface area contributed by atoms with Crippen molar-refractivity contribution >= 4 is 45.6 Å². The molecule has 3 heterocycles. The summed E-state index contributed by atoms with van der Waals surface area (Å²) in [6, 6.07) is 15.1. The summed E-state index contributed by atoms with van der Waals surface area (Å²) in [4.78, 5) is 30.5. The van der Waals surface area contributed by atoms with E-state index in [1.165, 1.54) is 12.4 Å². The molecule has 0 radical (unpaired) electrons. The van der Waals surface area contributed by atoms with Crippen LogP contribution in [0.25, 0.3) is 11.0 Å². The lowest BCUT2D eigenvalue weighted by Gasteiger charge is -2.42. The van der Waals surface area contributed by atoms with Crippen molar-refractivity contribution in [1.82, 2.24) is 19.9 Å². The standard InChI is InChI=1S/C30H31N9O2/c1-4-27(40)39-14-13-38(17-30(39)11-12-30)26-10-8-23-28(36-26)29(34-18-33-23)35-20-5-9-25(19(2)15-20)41-21-6-7-22(32-3)24(16-21)37-31/h4-10,15-16,18,31-32H,1,11-14,17H2,2-3H3,(H,33,34,35). The minimum Gasteiger partial charge on any atom is -0.457 e. The van der Waals surface area contributed by atoms with E-state index in [4.69, 9.17) is 15.3 Å². The molecule has 1 saturated carbocycles. The van der Waals surface area contributed by atoms with E-state index < -0.39 is 0 Å². The molecule has 2 aromatic carbocycles. The molecule has 4 aromatic rings. The number of aromatic nitrogens is 3. The number of hydrogen-bond donors (Lipinski definition) is 3. The third kappa shape index (κ3) is 5.02. The summed E-state index contributed by atoms with van der Waals surface area (Å²) in [6.07, 6.45) is 4.92. The first kappa shape index (κ1) is 26.2. The largest absolute Gasteiger partial charge is 0.457 e. The number of nitrogens with one attached hydrogen (secondary N) is 3.